The highest BCUT2D eigenvalue weighted by atomic mass is 35.5. The Kier molecular flexibility index (Phi) is 4.25. The Morgan fingerprint density at radius 3 is 2.62 bits per heavy atom. The molecule has 0 bridgehead atoms. The van der Waals surface area contributed by atoms with E-state index in [0.29, 0.717) is 22.2 Å². The Balaban J connectivity index is 2.83. The Hall–Kier alpha value is -1.62. The largest absolute Gasteiger partial charge is 0.495 e. The highest BCUT2D eigenvalue weighted by Crippen LogP contribution is 2.34. The first kappa shape index (κ1) is 12.4. The maximum atomic E-state index is 10.9. The monoisotopic (exact) mass is 245 g/mol. The SMILES string of the molecule is COC(=O)COc1cc(OC)c(Cl)cc1N. The van der Waals surface area contributed by atoms with Gasteiger partial charge in [-0.1, -0.05) is 11.6 Å². The van der Waals surface area contributed by atoms with Crippen LogP contribution in [0.2, 0.25) is 5.02 Å². The number of carbonyl (C=O) groups excluding carboxylic acids is 1. The van der Waals surface area contributed by atoms with Gasteiger partial charge in [0.25, 0.3) is 0 Å². The first-order valence-corrected chi connectivity index (χ1v) is 4.79. The van der Waals surface area contributed by atoms with E-state index in [1.807, 2.05) is 0 Å². The van der Waals surface area contributed by atoms with Gasteiger partial charge in [-0.05, 0) is 6.07 Å². The van der Waals surface area contributed by atoms with Gasteiger partial charge in [-0.3, -0.25) is 0 Å². The lowest BCUT2D eigenvalue weighted by molar-refractivity contribution is -0.142. The molecule has 0 amide bonds. The van der Waals surface area contributed by atoms with Gasteiger partial charge < -0.3 is 19.9 Å². The summed E-state index contributed by atoms with van der Waals surface area (Å²) in [7, 11) is 2.75. The van der Waals surface area contributed by atoms with Crippen LogP contribution in [0, 0.1) is 0 Å². The molecule has 0 fully saturated rings. The summed E-state index contributed by atoms with van der Waals surface area (Å²) in [6, 6.07) is 3.01. The molecule has 1 aromatic carbocycles. The lowest BCUT2D eigenvalue weighted by Crippen LogP contribution is -2.13. The van der Waals surface area contributed by atoms with Crippen molar-refractivity contribution < 1.29 is 19.0 Å². The van der Waals surface area contributed by atoms with Crippen LogP contribution in [0.5, 0.6) is 11.5 Å². The summed E-state index contributed by atoms with van der Waals surface area (Å²) < 4.78 is 14.6. The predicted molar refractivity (Wildman–Crippen MR) is 59.9 cm³/mol. The number of halogens is 1. The minimum Gasteiger partial charge on any atom is -0.495 e. The predicted octanol–water partition coefficient (Wildman–Crippen LogP) is 1.48. The first-order valence-electron chi connectivity index (χ1n) is 4.41. The van der Waals surface area contributed by atoms with Crippen molar-refractivity contribution in [2.24, 2.45) is 0 Å². The van der Waals surface area contributed by atoms with Crippen LogP contribution in [0.15, 0.2) is 12.1 Å². The molecule has 0 aliphatic rings. The van der Waals surface area contributed by atoms with E-state index in [-0.39, 0.29) is 6.61 Å². The Labute approximate surface area is 98.0 Å². The molecule has 0 atom stereocenters. The van der Waals surface area contributed by atoms with E-state index in [9.17, 15) is 4.79 Å². The van der Waals surface area contributed by atoms with Crippen molar-refractivity contribution in [2.45, 2.75) is 0 Å². The molecule has 0 aliphatic heterocycles. The van der Waals surface area contributed by atoms with Gasteiger partial charge in [0, 0.05) is 6.07 Å². The van der Waals surface area contributed by atoms with Gasteiger partial charge in [0.1, 0.15) is 11.5 Å². The van der Waals surface area contributed by atoms with Crippen molar-refractivity contribution in [2.75, 3.05) is 26.6 Å². The van der Waals surface area contributed by atoms with Crippen LogP contribution in [0.1, 0.15) is 0 Å². The van der Waals surface area contributed by atoms with Gasteiger partial charge in [0.2, 0.25) is 0 Å². The topological polar surface area (TPSA) is 70.8 Å². The maximum Gasteiger partial charge on any atom is 0.343 e. The molecule has 5 nitrogen and oxygen atoms in total. The summed E-state index contributed by atoms with van der Waals surface area (Å²) in [5.41, 5.74) is 5.98. The number of methoxy groups -OCH3 is 2. The number of ether oxygens (including phenoxy) is 3. The highest BCUT2D eigenvalue weighted by Gasteiger charge is 2.09. The van der Waals surface area contributed by atoms with Crippen molar-refractivity contribution in [1.29, 1.82) is 0 Å². The summed E-state index contributed by atoms with van der Waals surface area (Å²) in [4.78, 5) is 10.9. The molecular weight excluding hydrogens is 234 g/mol. The lowest BCUT2D eigenvalue weighted by atomic mass is 10.3. The fraction of sp³-hybridized carbons (Fsp3) is 0.300. The van der Waals surface area contributed by atoms with Crippen molar-refractivity contribution in [3.05, 3.63) is 17.2 Å². The second-order valence-corrected chi connectivity index (χ2v) is 3.30. The number of benzene rings is 1. The molecule has 0 unspecified atom stereocenters. The average molecular weight is 246 g/mol. The zero-order valence-corrected chi connectivity index (χ0v) is 9.71. The Bertz CT molecular complexity index is 395. The van der Waals surface area contributed by atoms with E-state index < -0.39 is 5.97 Å². The van der Waals surface area contributed by atoms with E-state index in [1.165, 1.54) is 26.4 Å². The number of hydrogen-bond acceptors (Lipinski definition) is 5. The number of nitrogen functional groups attached to an aromatic ring is 1. The molecule has 0 aromatic heterocycles. The van der Waals surface area contributed by atoms with Gasteiger partial charge in [-0.2, -0.15) is 0 Å². The van der Waals surface area contributed by atoms with E-state index >= 15 is 0 Å². The van der Waals surface area contributed by atoms with Gasteiger partial charge in [-0.15, -0.1) is 0 Å². The molecule has 0 saturated heterocycles. The van der Waals surface area contributed by atoms with Crippen LogP contribution in [0.4, 0.5) is 5.69 Å². The van der Waals surface area contributed by atoms with E-state index in [0.717, 1.165) is 0 Å². The molecule has 0 aliphatic carbocycles. The molecule has 1 rings (SSSR count). The summed E-state index contributed by atoms with van der Waals surface area (Å²) in [6.45, 7) is -0.217. The number of anilines is 1. The minimum absolute atomic E-state index is 0.217. The third-order valence-corrected chi connectivity index (χ3v) is 2.15. The van der Waals surface area contributed by atoms with Gasteiger partial charge >= 0.3 is 5.97 Å². The fourth-order valence-corrected chi connectivity index (χ4v) is 1.28. The first-order chi connectivity index (χ1) is 7.58. The van der Waals surface area contributed by atoms with Crippen molar-refractivity contribution in [3.8, 4) is 11.5 Å². The average Bonchev–Trinajstić information content (AvgIpc) is 2.27. The molecule has 16 heavy (non-hydrogen) atoms. The van der Waals surface area contributed by atoms with E-state index in [4.69, 9.17) is 26.8 Å². The number of rotatable bonds is 4. The molecule has 0 radical (unpaired) electrons. The second-order valence-electron chi connectivity index (χ2n) is 2.89. The minimum atomic E-state index is -0.492. The molecule has 6 heteroatoms. The van der Waals surface area contributed by atoms with Crippen LogP contribution in [-0.4, -0.2) is 26.8 Å². The van der Waals surface area contributed by atoms with E-state index in [2.05, 4.69) is 4.74 Å². The number of carbonyl (C=O) groups is 1. The van der Waals surface area contributed by atoms with Crippen LogP contribution in [-0.2, 0) is 9.53 Å². The smallest absolute Gasteiger partial charge is 0.343 e. The number of esters is 1. The van der Waals surface area contributed by atoms with Crippen LogP contribution < -0.4 is 15.2 Å². The van der Waals surface area contributed by atoms with Crippen LogP contribution >= 0.6 is 11.6 Å². The number of hydrogen-bond donors (Lipinski definition) is 1. The third kappa shape index (κ3) is 2.93. The van der Waals surface area contributed by atoms with Gasteiger partial charge in [0.15, 0.2) is 6.61 Å². The Morgan fingerprint density at radius 2 is 2.06 bits per heavy atom. The lowest BCUT2D eigenvalue weighted by Gasteiger charge is -2.10. The van der Waals surface area contributed by atoms with E-state index in [1.54, 1.807) is 0 Å². The Morgan fingerprint density at radius 1 is 1.38 bits per heavy atom. The summed E-state index contributed by atoms with van der Waals surface area (Å²) in [5, 5.41) is 0.380. The van der Waals surface area contributed by atoms with Crippen molar-refractivity contribution >= 4 is 23.3 Å². The molecule has 1 aromatic rings. The normalized spacial score (nSPS) is 9.69. The molecule has 2 N–H and O–H groups in total. The van der Waals surface area contributed by atoms with Crippen molar-refractivity contribution in [1.82, 2.24) is 0 Å². The highest BCUT2D eigenvalue weighted by molar-refractivity contribution is 6.32. The van der Waals surface area contributed by atoms with Crippen LogP contribution in [0.25, 0.3) is 0 Å². The summed E-state index contributed by atoms with van der Waals surface area (Å²) >= 11 is 5.84. The molecule has 0 heterocycles. The van der Waals surface area contributed by atoms with Gasteiger partial charge in [0.05, 0.1) is 24.9 Å². The molecular formula is C10H12ClNO4. The zero-order valence-electron chi connectivity index (χ0n) is 8.95. The second kappa shape index (κ2) is 5.46. The summed E-state index contributed by atoms with van der Waals surface area (Å²) in [6.07, 6.45) is 0. The van der Waals surface area contributed by atoms with Gasteiger partial charge in [-0.25, -0.2) is 4.79 Å². The fourth-order valence-electron chi connectivity index (χ4n) is 1.03. The standard InChI is InChI=1S/C10H12ClNO4/c1-14-8-4-9(7(12)3-6(8)11)16-5-10(13)15-2/h3-4H,5,12H2,1-2H3. The molecule has 0 saturated carbocycles. The zero-order chi connectivity index (χ0) is 12.1. The van der Waals surface area contributed by atoms with Crippen molar-refractivity contribution in [3.63, 3.8) is 0 Å². The summed E-state index contributed by atoms with van der Waals surface area (Å²) in [5.74, 6) is 0.260. The van der Waals surface area contributed by atoms with Crippen LogP contribution in [0.3, 0.4) is 0 Å². The quantitative estimate of drug-likeness (QED) is 0.643. The number of nitrogens with two attached hydrogens (primary N) is 1. The third-order valence-electron chi connectivity index (χ3n) is 1.86. The molecule has 88 valence electrons. The maximum absolute atomic E-state index is 10.9. The molecule has 0 spiro atoms.